The van der Waals surface area contributed by atoms with E-state index in [1.54, 1.807) is 0 Å². The van der Waals surface area contributed by atoms with Gasteiger partial charge in [-0.3, -0.25) is 9.59 Å². The lowest BCUT2D eigenvalue weighted by Gasteiger charge is -2.42. The van der Waals surface area contributed by atoms with Gasteiger partial charge in [-0.05, 0) is 12.8 Å². The molecule has 108 valence electrons. The van der Waals surface area contributed by atoms with E-state index >= 15 is 0 Å². The van der Waals surface area contributed by atoms with Crippen molar-refractivity contribution in [2.75, 3.05) is 32.7 Å². The molecule has 2 aliphatic heterocycles. The maximum Gasteiger partial charge on any atom is 0.236 e. The predicted octanol–water partition coefficient (Wildman–Crippen LogP) is 0.455. The molecule has 0 aromatic carbocycles. The fourth-order valence-corrected chi connectivity index (χ4v) is 2.88. The second kappa shape index (κ2) is 5.49. The Balaban J connectivity index is 2.00. The quantitative estimate of drug-likeness (QED) is 0.751. The van der Waals surface area contributed by atoms with Gasteiger partial charge in [0.1, 0.15) is 0 Å². The molecule has 5 nitrogen and oxygen atoms in total. The zero-order valence-corrected chi connectivity index (χ0v) is 12.2. The van der Waals surface area contributed by atoms with Crippen LogP contribution >= 0.6 is 0 Å². The summed E-state index contributed by atoms with van der Waals surface area (Å²) < 4.78 is 0. The van der Waals surface area contributed by atoms with Crippen LogP contribution in [0, 0.1) is 5.41 Å². The number of hydrogen-bond acceptors (Lipinski definition) is 3. The lowest BCUT2D eigenvalue weighted by Crippen LogP contribution is -2.58. The summed E-state index contributed by atoms with van der Waals surface area (Å²) in [4.78, 5) is 28.2. The third-order valence-corrected chi connectivity index (χ3v) is 3.89. The number of hydrogen-bond donors (Lipinski definition) is 1. The van der Waals surface area contributed by atoms with Gasteiger partial charge in [0.05, 0.1) is 6.54 Å². The molecule has 1 atom stereocenters. The fraction of sp³-hybridized carbons (Fsp3) is 0.857. The smallest absolute Gasteiger partial charge is 0.236 e. The zero-order chi connectivity index (χ0) is 14.0. The zero-order valence-electron chi connectivity index (χ0n) is 12.2. The first kappa shape index (κ1) is 14.3. The lowest BCUT2D eigenvalue weighted by molar-refractivity contribution is -0.145. The predicted molar refractivity (Wildman–Crippen MR) is 73.6 cm³/mol. The number of carbonyl (C=O) groups excluding carboxylic acids is 2. The molecule has 1 unspecified atom stereocenters. The van der Waals surface area contributed by atoms with Gasteiger partial charge in [-0.1, -0.05) is 20.8 Å². The molecular weight excluding hydrogens is 242 g/mol. The molecule has 2 rings (SSSR count). The number of carbonyl (C=O) groups is 2. The van der Waals surface area contributed by atoms with Crippen LogP contribution in [0.1, 0.15) is 33.6 Å². The molecule has 0 radical (unpaired) electrons. The van der Waals surface area contributed by atoms with Gasteiger partial charge in [0, 0.05) is 37.6 Å². The SMILES string of the molecule is CC(C)(C)C(=O)N1CCCC(N2CCNCC2=O)C1. The van der Waals surface area contributed by atoms with E-state index in [0.717, 1.165) is 32.5 Å². The number of likely N-dealkylation sites (tertiary alicyclic amines) is 1. The van der Waals surface area contributed by atoms with Gasteiger partial charge in [0.25, 0.3) is 0 Å². The first-order chi connectivity index (χ1) is 8.89. The molecule has 2 aliphatic rings. The van der Waals surface area contributed by atoms with Crippen molar-refractivity contribution in [2.45, 2.75) is 39.7 Å². The van der Waals surface area contributed by atoms with Gasteiger partial charge in [-0.25, -0.2) is 0 Å². The van der Waals surface area contributed by atoms with Crippen LogP contribution in [0.5, 0.6) is 0 Å². The molecule has 2 saturated heterocycles. The summed E-state index contributed by atoms with van der Waals surface area (Å²) in [5.74, 6) is 0.362. The van der Waals surface area contributed by atoms with E-state index in [-0.39, 0.29) is 23.3 Å². The van der Waals surface area contributed by atoms with Crippen molar-refractivity contribution >= 4 is 11.8 Å². The summed E-state index contributed by atoms with van der Waals surface area (Å²) in [6, 6.07) is 0.203. The van der Waals surface area contributed by atoms with E-state index in [4.69, 9.17) is 0 Å². The molecule has 0 aromatic rings. The Bertz CT molecular complexity index is 362. The number of piperidine rings is 1. The Morgan fingerprint density at radius 2 is 2.05 bits per heavy atom. The molecule has 2 amide bonds. The van der Waals surface area contributed by atoms with Crippen LogP contribution in [0.4, 0.5) is 0 Å². The molecule has 2 heterocycles. The number of rotatable bonds is 1. The van der Waals surface area contributed by atoms with Crippen molar-refractivity contribution in [2.24, 2.45) is 5.41 Å². The van der Waals surface area contributed by atoms with Gasteiger partial charge < -0.3 is 15.1 Å². The monoisotopic (exact) mass is 267 g/mol. The Morgan fingerprint density at radius 1 is 1.32 bits per heavy atom. The summed E-state index contributed by atoms with van der Waals surface area (Å²) in [6.07, 6.45) is 2.00. The van der Waals surface area contributed by atoms with Crippen LogP contribution in [0.25, 0.3) is 0 Å². The highest BCUT2D eigenvalue weighted by Gasteiger charge is 2.34. The van der Waals surface area contributed by atoms with Crippen LogP contribution in [0.3, 0.4) is 0 Å². The average molecular weight is 267 g/mol. The van der Waals surface area contributed by atoms with E-state index in [1.807, 2.05) is 30.6 Å². The van der Waals surface area contributed by atoms with E-state index in [9.17, 15) is 9.59 Å². The molecule has 0 aromatic heterocycles. The molecule has 0 saturated carbocycles. The summed E-state index contributed by atoms with van der Waals surface area (Å²) in [5, 5.41) is 3.09. The van der Waals surface area contributed by atoms with Gasteiger partial charge in [-0.2, -0.15) is 0 Å². The minimum atomic E-state index is -0.338. The first-order valence-corrected chi connectivity index (χ1v) is 7.19. The van der Waals surface area contributed by atoms with Gasteiger partial charge in [-0.15, -0.1) is 0 Å². The van der Waals surface area contributed by atoms with Crippen molar-refractivity contribution in [3.8, 4) is 0 Å². The number of piperazine rings is 1. The third-order valence-electron chi connectivity index (χ3n) is 3.89. The fourth-order valence-electron chi connectivity index (χ4n) is 2.88. The van der Waals surface area contributed by atoms with Crippen LogP contribution in [0.2, 0.25) is 0 Å². The third kappa shape index (κ3) is 3.26. The average Bonchev–Trinajstić information content (AvgIpc) is 2.37. The minimum Gasteiger partial charge on any atom is -0.340 e. The van der Waals surface area contributed by atoms with Crippen molar-refractivity contribution in [3.05, 3.63) is 0 Å². The molecule has 2 fully saturated rings. The van der Waals surface area contributed by atoms with Crippen LogP contribution < -0.4 is 5.32 Å². The summed E-state index contributed by atoms with van der Waals surface area (Å²) in [5.41, 5.74) is -0.338. The largest absolute Gasteiger partial charge is 0.340 e. The standard InChI is InChI=1S/C14H25N3O2/c1-14(2,3)13(19)16-7-4-5-11(10-16)17-8-6-15-9-12(17)18/h11,15H,4-10H2,1-3H3. The second-order valence-electron chi connectivity index (χ2n) is 6.56. The van der Waals surface area contributed by atoms with Crippen LogP contribution in [0.15, 0.2) is 0 Å². The van der Waals surface area contributed by atoms with E-state index in [1.165, 1.54) is 0 Å². The molecule has 0 aliphatic carbocycles. The Morgan fingerprint density at radius 3 is 2.68 bits per heavy atom. The Kier molecular flexibility index (Phi) is 4.13. The van der Waals surface area contributed by atoms with Gasteiger partial charge >= 0.3 is 0 Å². The Hall–Kier alpha value is -1.10. The van der Waals surface area contributed by atoms with E-state index in [0.29, 0.717) is 13.1 Å². The van der Waals surface area contributed by atoms with Crippen LogP contribution in [-0.4, -0.2) is 60.4 Å². The maximum absolute atomic E-state index is 12.3. The molecule has 19 heavy (non-hydrogen) atoms. The van der Waals surface area contributed by atoms with Gasteiger partial charge in [0.15, 0.2) is 0 Å². The summed E-state index contributed by atoms with van der Waals surface area (Å²) in [6.45, 7) is 9.44. The second-order valence-corrected chi connectivity index (χ2v) is 6.56. The lowest BCUT2D eigenvalue weighted by atomic mass is 9.92. The number of nitrogens with one attached hydrogen (secondary N) is 1. The normalized spacial score (nSPS) is 25.6. The number of amides is 2. The summed E-state index contributed by atoms with van der Waals surface area (Å²) in [7, 11) is 0. The minimum absolute atomic E-state index is 0.168. The summed E-state index contributed by atoms with van der Waals surface area (Å²) >= 11 is 0. The van der Waals surface area contributed by atoms with Crippen molar-refractivity contribution in [1.82, 2.24) is 15.1 Å². The molecule has 5 heteroatoms. The van der Waals surface area contributed by atoms with Crippen LogP contribution in [-0.2, 0) is 9.59 Å². The van der Waals surface area contributed by atoms with E-state index < -0.39 is 0 Å². The number of nitrogens with zero attached hydrogens (tertiary/aromatic N) is 2. The molecule has 0 bridgehead atoms. The molecular formula is C14H25N3O2. The van der Waals surface area contributed by atoms with Crippen molar-refractivity contribution in [1.29, 1.82) is 0 Å². The van der Waals surface area contributed by atoms with Gasteiger partial charge in [0.2, 0.25) is 11.8 Å². The maximum atomic E-state index is 12.3. The highest BCUT2D eigenvalue weighted by molar-refractivity contribution is 5.82. The first-order valence-electron chi connectivity index (χ1n) is 7.19. The van der Waals surface area contributed by atoms with E-state index in [2.05, 4.69) is 5.32 Å². The molecule has 1 N–H and O–H groups in total. The van der Waals surface area contributed by atoms with Crippen molar-refractivity contribution < 1.29 is 9.59 Å². The highest BCUT2D eigenvalue weighted by Crippen LogP contribution is 2.23. The Labute approximate surface area is 115 Å². The highest BCUT2D eigenvalue weighted by atomic mass is 16.2. The van der Waals surface area contributed by atoms with Crippen molar-refractivity contribution in [3.63, 3.8) is 0 Å². The topological polar surface area (TPSA) is 52.7 Å². The molecule has 0 spiro atoms.